The molecule has 0 aromatic heterocycles. The highest BCUT2D eigenvalue weighted by molar-refractivity contribution is 8.13. The third-order valence-corrected chi connectivity index (χ3v) is 6.23. The lowest BCUT2D eigenvalue weighted by Gasteiger charge is -2.19. The first-order valence-corrected chi connectivity index (χ1v) is 11.1. The third-order valence-electron chi connectivity index (χ3n) is 5.25. The quantitative estimate of drug-likeness (QED) is 0.472. The Labute approximate surface area is 199 Å². The van der Waals surface area contributed by atoms with Crippen LogP contribution in [0.4, 0.5) is 0 Å². The maximum Gasteiger partial charge on any atom is 0.203 e. The maximum atomic E-state index is 5.48. The van der Waals surface area contributed by atoms with Gasteiger partial charge in [0.1, 0.15) is 6.04 Å². The summed E-state index contributed by atoms with van der Waals surface area (Å²) in [5.74, 6) is 2.64. The van der Waals surface area contributed by atoms with E-state index < -0.39 is 0 Å². The van der Waals surface area contributed by atoms with Crippen molar-refractivity contribution in [3.63, 3.8) is 0 Å². The summed E-state index contributed by atoms with van der Waals surface area (Å²) in [6.07, 6.45) is 0. The van der Waals surface area contributed by atoms with Gasteiger partial charge in [-0.15, -0.1) is 12.4 Å². The molecule has 4 rings (SSSR count). The number of ether oxygens (including phenoxy) is 3. The molecule has 1 heterocycles. The van der Waals surface area contributed by atoms with Crippen molar-refractivity contribution in [1.29, 1.82) is 0 Å². The van der Waals surface area contributed by atoms with E-state index in [2.05, 4.69) is 53.8 Å². The molecule has 0 spiro atoms. The molecule has 0 saturated carbocycles. The minimum Gasteiger partial charge on any atom is -0.493 e. The molecule has 0 saturated heterocycles. The van der Waals surface area contributed by atoms with Gasteiger partial charge >= 0.3 is 0 Å². The predicted octanol–water partition coefficient (Wildman–Crippen LogP) is 5.81. The zero-order valence-corrected chi connectivity index (χ0v) is 19.9. The predicted molar refractivity (Wildman–Crippen MR) is 134 cm³/mol. The van der Waals surface area contributed by atoms with E-state index in [-0.39, 0.29) is 24.5 Å². The number of methoxy groups -OCH3 is 3. The first-order valence-electron chi connectivity index (χ1n) is 10.1. The Hall–Kier alpha value is -2.83. The maximum absolute atomic E-state index is 5.48. The average Bonchev–Trinajstić information content (AvgIpc) is 3.27. The van der Waals surface area contributed by atoms with Crippen LogP contribution in [-0.4, -0.2) is 26.5 Å². The van der Waals surface area contributed by atoms with Crippen molar-refractivity contribution in [2.24, 2.45) is 4.99 Å². The lowest BCUT2D eigenvalue weighted by molar-refractivity contribution is 0.324. The number of nitrogens with one attached hydrogen (secondary N) is 1. The normalized spacial score (nSPS) is 17.0. The minimum absolute atomic E-state index is 0. The highest BCUT2D eigenvalue weighted by Gasteiger charge is 2.31. The SMILES string of the molecule is COc1cc(CSC2=NC(c3ccccc3)C(c3ccccc3)N2)cc(OC)c1OC.Cl. The number of amidine groups is 1. The van der Waals surface area contributed by atoms with Gasteiger partial charge in [-0.05, 0) is 28.8 Å². The molecule has 1 aliphatic heterocycles. The van der Waals surface area contributed by atoms with Crippen LogP contribution in [0.2, 0.25) is 0 Å². The van der Waals surface area contributed by atoms with E-state index in [0.29, 0.717) is 17.2 Å². The number of thioether (sulfide) groups is 1. The number of benzene rings is 3. The Kier molecular flexibility index (Phi) is 8.31. The molecule has 5 nitrogen and oxygen atoms in total. The number of nitrogens with zero attached hydrogens (tertiary/aromatic N) is 1. The van der Waals surface area contributed by atoms with Gasteiger partial charge < -0.3 is 19.5 Å². The largest absolute Gasteiger partial charge is 0.493 e. The summed E-state index contributed by atoms with van der Waals surface area (Å²) in [6.45, 7) is 0. The fourth-order valence-corrected chi connectivity index (χ4v) is 4.61. The second kappa shape index (κ2) is 11.2. The molecule has 7 heteroatoms. The van der Waals surface area contributed by atoms with Crippen molar-refractivity contribution in [3.05, 3.63) is 89.5 Å². The highest BCUT2D eigenvalue weighted by atomic mass is 35.5. The van der Waals surface area contributed by atoms with Crippen LogP contribution in [-0.2, 0) is 5.75 Å². The number of hydrogen-bond acceptors (Lipinski definition) is 6. The van der Waals surface area contributed by atoms with Gasteiger partial charge in [0.25, 0.3) is 0 Å². The molecule has 32 heavy (non-hydrogen) atoms. The molecule has 0 fully saturated rings. The molecule has 2 unspecified atom stereocenters. The van der Waals surface area contributed by atoms with Crippen molar-refractivity contribution in [2.75, 3.05) is 21.3 Å². The van der Waals surface area contributed by atoms with E-state index in [0.717, 1.165) is 16.5 Å². The molecule has 3 aromatic rings. The number of hydrogen-bond donors (Lipinski definition) is 1. The fourth-order valence-electron chi connectivity index (χ4n) is 3.74. The summed E-state index contributed by atoms with van der Waals surface area (Å²) in [5, 5.41) is 4.56. The van der Waals surface area contributed by atoms with Crippen LogP contribution in [0, 0.1) is 0 Å². The molecule has 1 aliphatic rings. The number of rotatable bonds is 7. The zero-order valence-electron chi connectivity index (χ0n) is 18.3. The van der Waals surface area contributed by atoms with E-state index in [9.17, 15) is 0 Å². The van der Waals surface area contributed by atoms with Crippen molar-refractivity contribution in [2.45, 2.75) is 17.8 Å². The van der Waals surface area contributed by atoms with Crippen LogP contribution >= 0.6 is 24.2 Å². The van der Waals surface area contributed by atoms with Crippen LogP contribution < -0.4 is 19.5 Å². The molecule has 0 amide bonds. The minimum atomic E-state index is 0. The van der Waals surface area contributed by atoms with Crippen LogP contribution in [0.25, 0.3) is 0 Å². The van der Waals surface area contributed by atoms with E-state index in [4.69, 9.17) is 19.2 Å². The summed E-state index contributed by atoms with van der Waals surface area (Å²) in [6, 6.07) is 25.0. The lowest BCUT2D eigenvalue weighted by Crippen LogP contribution is -2.22. The summed E-state index contributed by atoms with van der Waals surface area (Å²) in [5.41, 5.74) is 3.50. The van der Waals surface area contributed by atoms with Crippen LogP contribution in [0.15, 0.2) is 77.8 Å². The van der Waals surface area contributed by atoms with Gasteiger partial charge in [-0.25, -0.2) is 0 Å². The summed E-state index contributed by atoms with van der Waals surface area (Å²) >= 11 is 1.67. The Morgan fingerprint density at radius 2 is 1.38 bits per heavy atom. The third kappa shape index (κ3) is 5.14. The topological polar surface area (TPSA) is 52.1 Å². The molecular formula is C25H27ClN2O3S. The Bertz CT molecular complexity index is 1020. The molecule has 2 atom stereocenters. The monoisotopic (exact) mass is 470 g/mol. The van der Waals surface area contributed by atoms with Gasteiger partial charge in [0.2, 0.25) is 5.75 Å². The van der Waals surface area contributed by atoms with Gasteiger partial charge in [-0.3, -0.25) is 4.99 Å². The van der Waals surface area contributed by atoms with Crippen molar-refractivity contribution in [3.8, 4) is 17.2 Å². The zero-order chi connectivity index (χ0) is 21.6. The fraction of sp³-hybridized carbons (Fsp3) is 0.240. The van der Waals surface area contributed by atoms with Crippen molar-refractivity contribution < 1.29 is 14.2 Å². The molecule has 3 aromatic carbocycles. The van der Waals surface area contributed by atoms with Gasteiger partial charge in [0, 0.05) is 5.75 Å². The van der Waals surface area contributed by atoms with Gasteiger partial charge in [0.15, 0.2) is 16.7 Å². The Morgan fingerprint density at radius 1 is 0.812 bits per heavy atom. The Morgan fingerprint density at radius 3 is 1.91 bits per heavy atom. The van der Waals surface area contributed by atoms with Crippen LogP contribution in [0.1, 0.15) is 28.8 Å². The van der Waals surface area contributed by atoms with E-state index in [1.807, 2.05) is 24.3 Å². The lowest BCUT2D eigenvalue weighted by atomic mass is 9.95. The molecule has 168 valence electrons. The van der Waals surface area contributed by atoms with Gasteiger partial charge in [-0.2, -0.15) is 0 Å². The molecule has 1 N–H and O–H groups in total. The van der Waals surface area contributed by atoms with E-state index in [1.165, 1.54) is 11.1 Å². The molecule has 0 aliphatic carbocycles. The van der Waals surface area contributed by atoms with Crippen molar-refractivity contribution in [1.82, 2.24) is 5.32 Å². The highest BCUT2D eigenvalue weighted by Crippen LogP contribution is 2.41. The first kappa shape index (κ1) is 23.8. The molecule has 0 radical (unpaired) electrons. The second-order valence-electron chi connectivity index (χ2n) is 7.14. The average molecular weight is 471 g/mol. The van der Waals surface area contributed by atoms with E-state index >= 15 is 0 Å². The summed E-state index contributed by atoms with van der Waals surface area (Å²) < 4.78 is 16.4. The van der Waals surface area contributed by atoms with Crippen molar-refractivity contribution >= 4 is 29.3 Å². The van der Waals surface area contributed by atoms with E-state index in [1.54, 1.807) is 33.1 Å². The number of aliphatic imine (C=N–C) groups is 1. The van der Waals surface area contributed by atoms with Crippen LogP contribution in [0.5, 0.6) is 17.2 Å². The van der Waals surface area contributed by atoms with Crippen LogP contribution in [0.3, 0.4) is 0 Å². The number of halogens is 1. The smallest absolute Gasteiger partial charge is 0.203 e. The second-order valence-corrected chi connectivity index (χ2v) is 8.11. The molecular weight excluding hydrogens is 444 g/mol. The van der Waals surface area contributed by atoms with Gasteiger partial charge in [0.05, 0.1) is 27.4 Å². The standard InChI is InChI=1S/C25H26N2O3S.ClH/c1-28-20-14-17(15-21(29-2)24(20)30-3)16-31-25-26-22(18-10-6-4-7-11-18)23(27-25)19-12-8-5-9-13-19;/h4-15,22-23H,16H2,1-3H3,(H,26,27);1H. The summed E-state index contributed by atoms with van der Waals surface area (Å²) in [4.78, 5) is 5.03. The first-order chi connectivity index (χ1) is 15.2. The van der Waals surface area contributed by atoms with Gasteiger partial charge in [-0.1, -0.05) is 72.4 Å². The summed E-state index contributed by atoms with van der Waals surface area (Å²) in [7, 11) is 4.87. The Balaban J connectivity index is 0.00000289. The molecule has 0 bridgehead atoms.